The first-order chi connectivity index (χ1) is 7.45. The second kappa shape index (κ2) is 8.57. The Balaban J connectivity index is 3.32. The minimum Gasteiger partial charge on any atom is -0.355 e. The zero-order chi connectivity index (χ0) is 12.4. The van der Waals surface area contributed by atoms with E-state index < -0.39 is 0 Å². The van der Waals surface area contributed by atoms with Gasteiger partial charge in [0.1, 0.15) is 0 Å². The Hall–Kier alpha value is -0.570. The first-order valence-corrected chi connectivity index (χ1v) is 6.43. The molecule has 0 aromatic carbocycles. The fourth-order valence-corrected chi connectivity index (χ4v) is 1.46. The van der Waals surface area contributed by atoms with Crippen LogP contribution in [0.3, 0.4) is 0 Å². The van der Waals surface area contributed by atoms with Crippen LogP contribution in [0.4, 0.5) is 0 Å². The van der Waals surface area contributed by atoms with E-state index in [0.29, 0.717) is 11.8 Å². The molecule has 2 N–H and O–H groups in total. The number of hydrogen-bond donors (Lipinski definition) is 2. The van der Waals surface area contributed by atoms with Crippen LogP contribution in [0.5, 0.6) is 0 Å². The van der Waals surface area contributed by atoms with Crippen LogP contribution in [0.25, 0.3) is 0 Å². The minimum absolute atomic E-state index is 0.183. The molecule has 3 nitrogen and oxygen atoms in total. The van der Waals surface area contributed by atoms with Gasteiger partial charge in [0.2, 0.25) is 5.91 Å². The van der Waals surface area contributed by atoms with Gasteiger partial charge in [-0.1, -0.05) is 27.7 Å². The van der Waals surface area contributed by atoms with Gasteiger partial charge in [0, 0.05) is 19.5 Å². The molecule has 96 valence electrons. The SMILES string of the molecule is CCCNCCNC(=O)CCCC(C)(C)C. The highest BCUT2D eigenvalue weighted by atomic mass is 16.1. The molecule has 0 aromatic heterocycles. The van der Waals surface area contributed by atoms with Crippen LogP contribution in [0, 0.1) is 5.41 Å². The van der Waals surface area contributed by atoms with Crippen molar-refractivity contribution in [1.82, 2.24) is 10.6 Å². The molecule has 0 bridgehead atoms. The summed E-state index contributed by atoms with van der Waals surface area (Å²) in [5.74, 6) is 0.183. The monoisotopic (exact) mass is 228 g/mol. The van der Waals surface area contributed by atoms with E-state index in [1.54, 1.807) is 0 Å². The summed E-state index contributed by atoms with van der Waals surface area (Å²) in [5, 5.41) is 6.18. The molecule has 3 heteroatoms. The van der Waals surface area contributed by atoms with Crippen LogP contribution in [0.15, 0.2) is 0 Å². The van der Waals surface area contributed by atoms with Crippen molar-refractivity contribution in [2.24, 2.45) is 5.41 Å². The number of rotatable bonds is 8. The van der Waals surface area contributed by atoms with Crippen molar-refractivity contribution in [1.29, 1.82) is 0 Å². The summed E-state index contributed by atoms with van der Waals surface area (Å²) in [5.41, 5.74) is 0.336. The highest BCUT2D eigenvalue weighted by Gasteiger charge is 2.10. The molecule has 0 saturated carbocycles. The third-order valence-corrected chi connectivity index (χ3v) is 2.38. The van der Waals surface area contributed by atoms with Gasteiger partial charge in [-0.05, 0) is 31.2 Å². The van der Waals surface area contributed by atoms with Gasteiger partial charge in [-0.2, -0.15) is 0 Å². The number of amides is 1. The maximum atomic E-state index is 11.4. The van der Waals surface area contributed by atoms with Crippen LogP contribution >= 0.6 is 0 Å². The van der Waals surface area contributed by atoms with E-state index >= 15 is 0 Å². The zero-order valence-electron chi connectivity index (χ0n) is 11.4. The van der Waals surface area contributed by atoms with Crippen molar-refractivity contribution >= 4 is 5.91 Å². The third kappa shape index (κ3) is 11.5. The Morgan fingerprint density at radius 3 is 2.38 bits per heavy atom. The average molecular weight is 228 g/mol. The van der Waals surface area contributed by atoms with Gasteiger partial charge in [-0.15, -0.1) is 0 Å². The number of hydrogen-bond acceptors (Lipinski definition) is 2. The lowest BCUT2D eigenvalue weighted by Crippen LogP contribution is -2.32. The van der Waals surface area contributed by atoms with Gasteiger partial charge >= 0.3 is 0 Å². The molecule has 0 fully saturated rings. The zero-order valence-corrected chi connectivity index (χ0v) is 11.4. The third-order valence-electron chi connectivity index (χ3n) is 2.38. The van der Waals surface area contributed by atoms with Crippen LogP contribution in [0.2, 0.25) is 0 Å². The quantitative estimate of drug-likeness (QED) is 0.626. The summed E-state index contributed by atoms with van der Waals surface area (Å²) in [7, 11) is 0. The van der Waals surface area contributed by atoms with Crippen molar-refractivity contribution in [3.8, 4) is 0 Å². The van der Waals surface area contributed by atoms with Gasteiger partial charge in [0.15, 0.2) is 0 Å². The molecular weight excluding hydrogens is 200 g/mol. The minimum atomic E-state index is 0.183. The molecule has 0 saturated heterocycles. The second-order valence-corrected chi connectivity index (χ2v) is 5.51. The standard InChI is InChI=1S/C13H28N2O/c1-5-9-14-10-11-15-12(16)7-6-8-13(2,3)4/h14H,5-11H2,1-4H3,(H,15,16). The van der Waals surface area contributed by atoms with E-state index in [-0.39, 0.29) is 5.91 Å². The Morgan fingerprint density at radius 1 is 1.12 bits per heavy atom. The molecule has 0 unspecified atom stereocenters. The van der Waals surface area contributed by atoms with Gasteiger partial charge in [-0.25, -0.2) is 0 Å². The lowest BCUT2D eigenvalue weighted by Gasteiger charge is -2.17. The van der Waals surface area contributed by atoms with Gasteiger partial charge in [0.25, 0.3) is 0 Å². The molecule has 0 heterocycles. The molecule has 0 aromatic rings. The van der Waals surface area contributed by atoms with E-state index in [2.05, 4.69) is 38.3 Å². The van der Waals surface area contributed by atoms with Crippen molar-refractivity contribution in [2.45, 2.75) is 53.4 Å². The highest BCUT2D eigenvalue weighted by molar-refractivity contribution is 5.75. The molecule has 0 atom stereocenters. The van der Waals surface area contributed by atoms with E-state index in [0.717, 1.165) is 38.9 Å². The van der Waals surface area contributed by atoms with E-state index in [1.807, 2.05) is 0 Å². The molecule has 16 heavy (non-hydrogen) atoms. The maximum Gasteiger partial charge on any atom is 0.220 e. The second-order valence-electron chi connectivity index (χ2n) is 5.51. The Labute approximate surface area is 100 Å². The van der Waals surface area contributed by atoms with E-state index in [1.165, 1.54) is 0 Å². The number of carbonyl (C=O) groups is 1. The number of nitrogens with one attached hydrogen (secondary N) is 2. The molecule has 0 radical (unpaired) electrons. The smallest absolute Gasteiger partial charge is 0.220 e. The Bertz CT molecular complexity index is 185. The summed E-state index contributed by atoms with van der Waals surface area (Å²) in [4.78, 5) is 11.4. The molecular formula is C13H28N2O. The highest BCUT2D eigenvalue weighted by Crippen LogP contribution is 2.21. The van der Waals surface area contributed by atoms with Crippen LogP contribution in [-0.2, 0) is 4.79 Å². The van der Waals surface area contributed by atoms with Crippen molar-refractivity contribution < 1.29 is 4.79 Å². The lowest BCUT2D eigenvalue weighted by atomic mass is 9.90. The van der Waals surface area contributed by atoms with Crippen molar-refractivity contribution in [3.63, 3.8) is 0 Å². The summed E-state index contributed by atoms with van der Waals surface area (Å²) in [6.45, 7) is 11.4. The van der Waals surface area contributed by atoms with Gasteiger partial charge in [0.05, 0.1) is 0 Å². The average Bonchev–Trinajstić information content (AvgIpc) is 2.15. The topological polar surface area (TPSA) is 41.1 Å². The summed E-state index contributed by atoms with van der Waals surface area (Å²) in [6.07, 6.45) is 3.89. The molecule has 0 aliphatic carbocycles. The Morgan fingerprint density at radius 2 is 1.81 bits per heavy atom. The summed E-state index contributed by atoms with van der Waals surface area (Å²) < 4.78 is 0. The summed E-state index contributed by atoms with van der Waals surface area (Å²) >= 11 is 0. The molecule has 0 spiro atoms. The van der Waals surface area contributed by atoms with Gasteiger partial charge < -0.3 is 10.6 Å². The molecule has 1 amide bonds. The normalized spacial score (nSPS) is 11.5. The molecule has 0 rings (SSSR count). The van der Waals surface area contributed by atoms with Crippen LogP contribution in [0.1, 0.15) is 53.4 Å². The van der Waals surface area contributed by atoms with E-state index in [4.69, 9.17) is 0 Å². The first kappa shape index (κ1) is 15.4. The summed E-state index contributed by atoms with van der Waals surface area (Å²) in [6, 6.07) is 0. The fraction of sp³-hybridized carbons (Fsp3) is 0.923. The van der Waals surface area contributed by atoms with Crippen molar-refractivity contribution in [2.75, 3.05) is 19.6 Å². The maximum absolute atomic E-state index is 11.4. The van der Waals surface area contributed by atoms with Crippen LogP contribution < -0.4 is 10.6 Å². The number of carbonyl (C=O) groups excluding carboxylic acids is 1. The molecule has 0 aliphatic heterocycles. The largest absolute Gasteiger partial charge is 0.355 e. The van der Waals surface area contributed by atoms with E-state index in [9.17, 15) is 4.79 Å². The van der Waals surface area contributed by atoms with Gasteiger partial charge in [-0.3, -0.25) is 4.79 Å². The predicted molar refractivity (Wildman–Crippen MR) is 69.5 cm³/mol. The first-order valence-electron chi connectivity index (χ1n) is 6.43. The Kier molecular flexibility index (Phi) is 8.26. The molecule has 0 aliphatic rings. The lowest BCUT2D eigenvalue weighted by molar-refractivity contribution is -0.121. The fourth-order valence-electron chi connectivity index (χ4n) is 1.46. The van der Waals surface area contributed by atoms with Crippen molar-refractivity contribution in [3.05, 3.63) is 0 Å². The predicted octanol–water partition coefficient (Wildman–Crippen LogP) is 2.32. The van der Waals surface area contributed by atoms with Crippen LogP contribution in [-0.4, -0.2) is 25.5 Å².